The largest absolute Gasteiger partial charge is 0.320 e. The average Bonchev–Trinajstić information content (AvgIpc) is 2.88. The number of hydrogen-bond acceptors (Lipinski definition) is 3. The SMILES string of the molecule is CNCCC1CCCCN1CCc1ccsc1. The zero-order valence-electron chi connectivity index (χ0n) is 10.8. The second-order valence-corrected chi connectivity index (χ2v) is 5.74. The van der Waals surface area contributed by atoms with E-state index < -0.39 is 0 Å². The molecule has 0 bridgehead atoms. The van der Waals surface area contributed by atoms with E-state index in [0.717, 1.165) is 12.6 Å². The van der Waals surface area contributed by atoms with Crippen molar-refractivity contribution in [3.05, 3.63) is 22.4 Å². The Labute approximate surface area is 109 Å². The third-order valence-corrected chi connectivity index (χ3v) is 4.48. The molecule has 0 aliphatic carbocycles. The van der Waals surface area contributed by atoms with E-state index in [2.05, 4.69) is 34.1 Å². The minimum atomic E-state index is 0.815. The van der Waals surface area contributed by atoms with Crippen molar-refractivity contribution < 1.29 is 0 Å². The highest BCUT2D eigenvalue weighted by atomic mass is 32.1. The Hall–Kier alpha value is -0.380. The first-order valence-corrected chi connectivity index (χ1v) is 7.74. The second kappa shape index (κ2) is 7.14. The first-order valence-electron chi connectivity index (χ1n) is 6.80. The predicted molar refractivity (Wildman–Crippen MR) is 75.8 cm³/mol. The van der Waals surface area contributed by atoms with Crippen LogP contribution in [0.25, 0.3) is 0 Å². The Kier molecular flexibility index (Phi) is 5.49. The van der Waals surface area contributed by atoms with Gasteiger partial charge in [-0.3, -0.25) is 0 Å². The van der Waals surface area contributed by atoms with Crippen LogP contribution in [0, 0.1) is 0 Å². The maximum Gasteiger partial charge on any atom is 0.0107 e. The lowest BCUT2D eigenvalue weighted by molar-refractivity contribution is 0.142. The summed E-state index contributed by atoms with van der Waals surface area (Å²) in [7, 11) is 2.05. The fourth-order valence-corrected chi connectivity index (χ4v) is 3.40. The summed E-state index contributed by atoms with van der Waals surface area (Å²) in [5, 5.41) is 7.75. The Balaban J connectivity index is 1.79. The van der Waals surface area contributed by atoms with Crippen molar-refractivity contribution in [2.45, 2.75) is 38.1 Å². The molecule has 1 aromatic heterocycles. The molecule has 1 aromatic rings. The highest BCUT2D eigenvalue weighted by molar-refractivity contribution is 7.07. The van der Waals surface area contributed by atoms with Gasteiger partial charge in [0.15, 0.2) is 0 Å². The van der Waals surface area contributed by atoms with Crippen molar-refractivity contribution in [3.63, 3.8) is 0 Å². The molecule has 1 aliphatic heterocycles. The van der Waals surface area contributed by atoms with Crippen LogP contribution in [0.15, 0.2) is 16.8 Å². The quantitative estimate of drug-likeness (QED) is 0.837. The van der Waals surface area contributed by atoms with E-state index in [9.17, 15) is 0 Å². The van der Waals surface area contributed by atoms with Crippen LogP contribution in [0.3, 0.4) is 0 Å². The Morgan fingerprint density at radius 1 is 1.47 bits per heavy atom. The zero-order valence-corrected chi connectivity index (χ0v) is 11.6. The van der Waals surface area contributed by atoms with Gasteiger partial charge in [0.1, 0.15) is 0 Å². The van der Waals surface area contributed by atoms with Crippen LogP contribution in [-0.4, -0.2) is 37.6 Å². The molecule has 0 amide bonds. The van der Waals surface area contributed by atoms with Gasteiger partial charge < -0.3 is 10.2 Å². The number of thiophene rings is 1. The fraction of sp³-hybridized carbons (Fsp3) is 0.714. The van der Waals surface area contributed by atoms with Crippen LogP contribution in [0.5, 0.6) is 0 Å². The molecule has 17 heavy (non-hydrogen) atoms. The van der Waals surface area contributed by atoms with E-state index in [1.807, 2.05) is 11.3 Å². The number of likely N-dealkylation sites (tertiary alicyclic amines) is 1. The minimum absolute atomic E-state index is 0.815. The molecule has 96 valence electrons. The number of hydrogen-bond donors (Lipinski definition) is 1. The van der Waals surface area contributed by atoms with Crippen LogP contribution in [0.4, 0.5) is 0 Å². The highest BCUT2D eigenvalue weighted by Gasteiger charge is 2.21. The highest BCUT2D eigenvalue weighted by Crippen LogP contribution is 2.20. The van der Waals surface area contributed by atoms with Gasteiger partial charge in [-0.2, -0.15) is 11.3 Å². The predicted octanol–water partition coefficient (Wildman–Crippen LogP) is 2.75. The fourth-order valence-electron chi connectivity index (χ4n) is 2.70. The van der Waals surface area contributed by atoms with Crippen molar-refractivity contribution in [1.82, 2.24) is 10.2 Å². The van der Waals surface area contributed by atoms with Gasteiger partial charge >= 0.3 is 0 Å². The molecule has 1 fully saturated rings. The Morgan fingerprint density at radius 3 is 3.18 bits per heavy atom. The van der Waals surface area contributed by atoms with Crippen molar-refractivity contribution in [2.24, 2.45) is 0 Å². The van der Waals surface area contributed by atoms with Crippen LogP contribution < -0.4 is 5.32 Å². The van der Waals surface area contributed by atoms with Crippen LogP contribution in [-0.2, 0) is 6.42 Å². The van der Waals surface area contributed by atoms with Gasteiger partial charge in [0.2, 0.25) is 0 Å². The van der Waals surface area contributed by atoms with E-state index in [1.54, 1.807) is 0 Å². The second-order valence-electron chi connectivity index (χ2n) is 4.96. The third kappa shape index (κ3) is 4.09. The van der Waals surface area contributed by atoms with E-state index in [-0.39, 0.29) is 0 Å². The van der Waals surface area contributed by atoms with Crippen LogP contribution >= 0.6 is 11.3 Å². The maximum absolute atomic E-state index is 3.28. The van der Waals surface area contributed by atoms with E-state index in [0.29, 0.717) is 0 Å². The monoisotopic (exact) mass is 252 g/mol. The average molecular weight is 252 g/mol. The molecular formula is C14H24N2S. The third-order valence-electron chi connectivity index (χ3n) is 3.74. The molecule has 2 nitrogen and oxygen atoms in total. The maximum atomic E-state index is 3.28. The molecule has 1 atom stereocenters. The van der Waals surface area contributed by atoms with Crippen molar-refractivity contribution in [1.29, 1.82) is 0 Å². The normalized spacial score (nSPS) is 21.8. The van der Waals surface area contributed by atoms with Crippen molar-refractivity contribution in [3.8, 4) is 0 Å². The van der Waals surface area contributed by atoms with Gasteiger partial charge in [0, 0.05) is 12.6 Å². The first kappa shape index (κ1) is 13.1. The van der Waals surface area contributed by atoms with Crippen LogP contribution in [0.2, 0.25) is 0 Å². The Morgan fingerprint density at radius 2 is 2.41 bits per heavy atom. The smallest absolute Gasteiger partial charge is 0.0107 e. The summed E-state index contributed by atoms with van der Waals surface area (Å²) < 4.78 is 0. The van der Waals surface area contributed by atoms with Gasteiger partial charge in [-0.15, -0.1) is 0 Å². The number of nitrogens with one attached hydrogen (secondary N) is 1. The lowest BCUT2D eigenvalue weighted by Gasteiger charge is -2.35. The zero-order chi connectivity index (χ0) is 11.9. The summed E-state index contributed by atoms with van der Waals surface area (Å²) in [6.07, 6.45) is 6.73. The Bertz CT molecular complexity index is 297. The van der Waals surface area contributed by atoms with Gasteiger partial charge in [-0.05, 0) is 68.2 Å². The summed E-state index contributed by atoms with van der Waals surface area (Å²) >= 11 is 1.81. The molecular weight excluding hydrogens is 228 g/mol. The van der Waals surface area contributed by atoms with Gasteiger partial charge in [0.05, 0.1) is 0 Å². The molecule has 0 aromatic carbocycles. The molecule has 1 aliphatic rings. The van der Waals surface area contributed by atoms with Crippen molar-refractivity contribution in [2.75, 3.05) is 26.7 Å². The molecule has 1 unspecified atom stereocenters. The first-order chi connectivity index (χ1) is 8.40. The topological polar surface area (TPSA) is 15.3 Å². The number of piperidine rings is 1. The molecule has 1 N–H and O–H groups in total. The lowest BCUT2D eigenvalue weighted by Crippen LogP contribution is -2.41. The summed E-state index contributed by atoms with van der Waals surface area (Å²) in [6, 6.07) is 3.08. The lowest BCUT2D eigenvalue weighted by atomic mass is 9.99. The van der Waals surface area contributed by atoms with Crippen LogP contribution in [0.1, 0.15) is 31.2 Å². The summed E-state index contributed by atoms with van der Waals surface area (Å²) in [5.41, 5.74) is 1.51. The van der Waals surface area contributed by atoms with Crippen molar-refractivity contribution >= 4 is 11.3 Å². The molecule has 3 heteroatoms. The number of nitrogens with zero attached hydrogens (tertiary/aromatic N) is 1. The standard InChI is InChI=1S/C14H24N2S/c1-15-8-5-14-4-2-3-9-16(14)10-6-13-7-11-17-12-13/h7,11-12,14-15H,2-6,8-10H2,1H3. The van der Waals surface area contributed by atoms with Gasteiger partial charge in [0.25, 0.3) is 0 Å². The molecule has 1 saturated heterocycles. The summed E-state index contributed by atoms with van der Waals surface area (Å²) in [4.78, 5) is 2.71. The molecule has 2 heterocycles. The molecule has 0 radical (unpaired) electrons. The molecule has 0 saturated carbocycles. The van der Waals surface area contributed by atoms with Gasteiger partial charge in [-0.1, -0.05) is 6.42 Å². The van der Waals surface area contributed by atoms with Gasteiger partial charge in [-0.25, -0.2) is 0 Å². The molecule has 0 spiro atoms. The summed E-state index contributed by atoms with van der Waals surface area (Å²) in [5.74, 6) is 0. The summed E-state index contributed by atoms with van der Waals surface area (Å²) in [6.45, 7) is 3.70. The number of rotatable bonds is 6. The van der Waals surface area contributed by atoms with E-state index in [1.165, 1.54) is 50.8 Å². The van der Waals surface area contributed by atoms with E-state index >= 15 is 0 Å². The minimum Gasteiger partial charge on any atom is -0.320 e. The molecule has 2 rings (SSSR count). The van der Waals surface area contributed by atoms with E-state index in [4.69, 9.17) is 0 Å².